The molecule has 2 aliphatic heterocycles. The van der Waals surface area contributed by atoms with Crippen molar-refractivity contribution in [1.82, 2.24) is 10.2 Å². The zero-order valence-corrected chi connectivity index (χ0v) is 26.7. The molecule has 1 aliphatic carbocycles. The van der Waals surface area contributed by atoms with Gasteiger partial charge in [-0.25, -0.2) is 9.59 Å². The van der Waals surface area contributed by atoms with Crippen LogP contribution in [0.3, 0.4) is 0 Å². The summed E-state index contributed by atoms with van der Waals surface area (Å²) in [6.45, 7) is 6.02. The number of aliphatic hydroxyl groups is 1. The fourth-order valence-corrected chi connectivity index (χ4v) is 6.88. The first-order valence-electron chi connectivity index (χ1n) is 14.2. The molecule has 44 heavy (non-hydrogen) atoms. The summed E-state index contributed by atoms with van der Waals surface area (Å²) < 4.78 is 0. The highest BCUT2D eigenvalue weighted by Crippen LogP contribution is 2.51. The zero-order chi connectivity index (χ0) is 33.2. The fraction of sp³-hybridized carbons (Fsp3) is 0.643. The molecule has 0 unspecified atom stereocenters. The molecule has 16 heteroatoms. The number of nitrogens with two attached hydrogens (primary N) is 2. The lowest BCUT2D eigenvalue weighted by molar-refractivity contribution is -0.161. The average molecular weight is 658 g/mol. The Balaban J connectivity index is 0.000000311. The summed E-state index contributed by atoms with van der Waals surface area (Å²) in [5.74, 6) is -2.67. The molecule has 1 saturated heterocycles. The number of amides is 2. The normalized spacial score (nSPS) is 23.3. The number of nitrogens with one attached hydrogen (secondary N) is 1. The van der Waals surface area contributed by atoms with Crippen LogP contribution in [-0.4, -0.2) is 103 Å². The van der Waals surface area contributed by atoms with Crippen LogP contribution in [0.25, 0.3) is 0 Å². The van der Waals surface area contributed by atoms with Crippen LogP contribution in [0.1, 0.15) is 52.9 Å². The molecule has 3 rings (SSSR count). The lowest BCUT2D eigenvalue weighted by atomic mass is 9.83. The van der Waals surface area contributed by atoms with E-state index in [-0.39, 0.29) is 40.6 Å². The smallest absolute Gasteiger partial charge is 0.353 e. The van der Waals surface area contributed by atoms with E-state index in [0.29, 0.717) is 35.8 Å². The third-order valence-corrected chi connectivity index (χ3v) is 9.78. The van der Waals surface area contributed by atoms with E-state index in [1.807, 2.05) is 13.8 Å². The van der Waals surface area contributed by atoms with Gasteiger partial charge < -0.3 is 42.1 Å². The fourth-order valence-electron chi connectivity index (χ4n) is 4.86. The number of aliphatic carboxylic acids is 3. The predicted molar refractivity (Wildman–Crippen MR) is 168 cm³/mol. The Hall–Kier alpha value is -3.08. The molecule has 2 fully saturated rings. The van der Waals surface area contributed by atoms with Gasteiger partial charge in [-0.15, -0.1) is 11.8 Å². The second-order valence-corrected chi connectivity index (χ2v) is 13.7. The number of carboxylic acids is 3. The number of β-lactam (4-membered cyclic amide) rings is 1. The van der Waals surface area contributed by atoms with E-state index < -0.39 is 36.0 Å². The third kappa shape index (κ3) is 10.2. The highest BCUT2D eigenvalue weighted by molar-refractivity contribution is 8.03. The van der Waals surface area contributed by atoms with Gasteiger partial charge in [-0.1, -0.05) is 19.9 Å². The zero-order valence-electron chi connectivity index (χ0n) is 25.1. The van der Waals surface area contributed by atoms with Gasteiger partial charge in [0.2, 0.25) is 11.8 Å². The molecule has 3 aliphatic rings. The van der Waals surface area contributed by atoms with Gasteiger partial charge in [0.25, 0.3) is 0 Å². The molecule has 1 saturated carbocycles. The number of carbonyl (C=O) groups is 5. The number of aliphatic hydroxyl groups excluding tert-OH is 1. The quantitative estimate of drug-likeness (QED) is 0.0380. The molecule has 246 valence electrons. The number of rotatable bonds is 17. The van der Waals surface area contributed by atoms with Gasteiger partial charge in [-0.3, -0.25) is 19.4 Å². The SMILES string of the molecule is CC1(C)C[C@@H]1C(=O)N/C(=C/CCCCSC[C@H](N)C(=O)O)C(=O)O.C[C@@H](O)[C@H]1C(=O)N2C(C(=O)O)=C(SCCN=CN)C[C@H]12. The molecule has 0 radical (unpaired) electrons. The number of allylic oxidation sites excluding steroid dienone is 1. The van der Waals surface area contributed by atoms with E-state index in [4.69, 9.17) is 21.7 Å². The second-order valence-electron chi connectivity index (χ2n) is 11.4. The van der Waals surface area contributed by atoms with E-state index >= 15 is 0 Å². The van der Waals surface area contributed by atoms with E-state index in [9.17, 15) is 34.2 Å². The highest BCUT2D eigenvalue weighted by Gasteiger charge is 2.56. The molecule has 0 bridgehead atoms. The minimum Gasteiger partial charge on any atom is -0.480 e. The largest absolute Gasteiger partial charge is 0.480 e. The Labute approximate surface area is 264 Å². The van der Waals surface area contributed by atoms with Gasteiger partial charge in [0.1, 0.15) is 17.4 Å². The Morgan fingerprint density at radius 3 is 2.36 bits per heavy atom. The topological polar surface area (TPSA) is 246 Å². The van der Waals surface area contributed by atoms with Crippen molar-refractivity contribution in [3.8, 4) is 0 Å². The number of carbonyl (C=O) groups excluding carboxylic acids is 2. The summed E-state index contributed by atoms with van der Waals surface area (Å²) in [4.78, 5) is 62.8. The van der Waals surface area contributed by atoms with Crippen LogP contribution >= 0.6 is 23.5 Å². The Kier molecular flexibility index (Phi) is 14.2. The lowest BCUT2D eigenvalue weighted by Gasteiger charge is -2.44. The van der Waals surface area contributed by atoms with Gasteiger partial charge >= 0.3 is 17.9 Å². The van der Waals surface area contributed by atoms with Crippen LogP contribution < -0.4 is 16.8 Å². The maximum absolute atomic E-state index is 12.0. The van der Waals surface area contributed by atoms with Gasteiger partial charge in [-0.05, 0) is 43.8 Å². The molecule has 0 aromatic rings. The van der Waals surface area contributed by atoms with E-state index in [1.165, 1.54) is 40.8 Å². The predicted octanol–water partition coefficient (Wildman–Crippen LogP) is 1.05. The molecule has 2 amide bonds. The monoisotopic (exact) mass is 657 g/mol. The first kappa shape index (κ1) is 37.1. The summed E-state index contributed by atoms with van der Waals surface area (Å²) >= 11 is 2.84. The summed E-state index contributed by atoms with van der Waals surface area (Å²) in [7, 11) is 0. The number of hydrogen-bond donors (Lipinski definition) is 7. The van der Waals surface area contributed by atoms with Crippen LogP contribution in [0.4, 0.5) is 0 Å². The van der Waals surface area contributed by atoms with Gasteiger partial charge in [0.15, 0.2) is 0 Å². The van der Waals surface area contributed by atoms with Crippen molar-refractivity contribution in [1.29, 1.82) is 0 Å². The number of nitrogens with zero attached hydrogens (tertiary/aromatic N) is 2. The highest BCUT2D eigenvalue weighted by atomic mass is 32.2. The maximum Gasteiger partial charge on any atom is 0.353 e. The molecule has 5 atom stereocenters. The van der Waals surface area contributed by atoms with Crippen LogP contribution in [0.2, 0.25) is 0 Å². The summed E-state index contributed by atoms with van der Waals surface area (Å²) in [5.41, 5.74) is 10.5. The Bertz CT molecular complexity index is 1190. The minimum absolute atomic E-state index is 0.0400. The van der Waals surface area contributed by atoms with Crippen molar-refractivity contribution >= 4 is 59.6 Å². The van der Waals surface area contributed by atoms with Crippen LogP contribution in [-0.2, 0) is 24.0 Å². The van der Waals surface area contributed by atoms with Crippen LogP contribution in [0.15, 0.2) is 27.4 Å². The third-order valence-electron chi connectivity index (χ3n) is 7.52. The van der Waals surface area contributed by atoms with E-state index in [0.717, 1.165) is 25.0 Å². The van der Waals surface area contributed by atoms with Crippen LogP contribution in [0.5, 0.6) is 0 Å². The van der Waals surface area contributed by atoms with Crippen molar-refractivity contribution in [2.45, 2.75) is 71.1 Å². The molecule has 0 spiro atoms. The van der Waals surface area contributed by atoms with Crippen molar-refractivity contribution in [2.75, 3.05) is 23.8 Å². The summed E-state index contributed by atoms with van der Waals surface area (Å²) in [5, 5.41) is 39.2. The number of fused-ring (bicyclic) bond motifs is 1. The molecular weight excluding hydrogens is 614 g/mol. The Morgan fingerprint density at radius 2 is 1.84 bits per heavy atom. The number of carboxylic acid groups (broad SMARTS) is 3. The molecule has 0 aromatic carbocycles. The van der Waals surface area contributed by atoms with Crippen molar-refractivity contribution in [3.63, 3.8) is 0 Å². The van der Waals surface area contributed by atoms with Gasteiger partial charge in [0.05, 0.1) is 30.9 Å². The summed E-state index contributed by atoms with van der Waals surface area (Å²) in [6.07, 6.45) is 5.37. The molecular formula is C28H43N5O9S2. The van der Waals surface area contributed by atoms with Crippen LogP contribution in [0, 0.1) is 17.3 Å². The van der Waals surface area contributed by atoms with Gasteiger partial charge in [-0.2, -0.15) is 11.8 Å². The number of thioether (sulfide) groups is 2. The van der Waals surface area contributed by atoms with Crippen molar-refractivity contribution in [3.05, 3.63) is 22.4 Å². The maximum atomic E-state index is 12.0. The summed E-state index contributed by atoms with van der Waals surface area (Å²) in [6, 6.07) is -1.08. The van der Waals surface area contributed by atoms with Gasteiger partial charge in [0, 0.05) is 28.7 Å². The Morgan fingerprint density at radius 1 is 1.18 bits per heavy atom. The molecule has 0 aromatic heterocycles. The number of aliphatic imine (C=N–C) groups is 1. The van der Waals surface area contributed by atoms with Crippen molar-refractivity contribution in [2.24, 2.45) is 33.7 Å². The first-order valence-corrected chi connectivity index (χ1v) is 16.4. The number of unbranched alkanes of at least 4 members (excludes halogenated alkanes) is 2. The minimum atomic E-state index is -1.14. The molecule has 14 nitrogen and oxygen atoms in total. The van der Waals surface area contributed by atoms with Crippen molar-refractivity contribution < 1.29 is 44.4 Å². The second kappa shape index (κ2) is 16.8. The van der Waals surface area contributed by atoms with E-state index in [1.54, 1.807) is 6.92 Å². The lowest BCUT2D eigenvalue weighted by Crippen LogP contribution is -2.61. The number of hydrogen-bond acceptors (Lipinski definition) is 10. The molecule has 9 N–H and O–H groups in total. The average Bonchev–Trinajstić information content (AvgIpc) is 3.46. The first-order chi connectivity index (χ1) is 20.6. The molecule has 2 heterocycles. The standard InChI is InChI=1S/C16H26N2O5S.C12H17N3O4S/c1-16(2)8-10(16)13(19)18-12(15(22)23)6-4-3-5-7-24-9-11(17)14(20)21;1-6(16)9-7-4-8(20-3-2-14-5-13)10(12(18)19)15(7)11(9)17/h6,10-11H,3-5,7-9,17H2,1-2H3,(H,18,19)(H,20,21)(H,22,23);5-7,9,16H,2-4H2,1H3,(H2,13,14)(H,18,19)/b12-6+;/t10-,11+;6-,7-,9-/m11/s1. The van der Waals surface area contributed by atoms with E-state index in [2.05, 4.69) is 10.3 Å².